The van der Waals surface area contributed by atoms with Crippen molar-refractivity contribution in [3.05, 3.63) is 52.0 Å². The topological polar surface area (TPSA) is 39.1 Å². The second kappa shape index (κ2) is 5.98. The molecule has 2 rings (SSSR count). The van der Waals surface area contributed by atoms with E-state index in [-0.39, 0.29) is 0 Å². The molecule has 3 nitrogen and oxygen atoms in total. The van der Waals surface area contributed by atoms with E-state index in [0.29, 0.717) is 5.56 Å². The molecule has 0 unspecified atom stereocenters. The third-order valence-corrected chi connectivity index (χ3v) is 3.72. The molecule has 2 aromatic rings. The van der Waals surface area contributed by atoms with Gasteiger partial charge in [-0.2, -0.15) is 5.26 Å². The Labute approximate surface area is 128 Å². The van der Waals surface area contributed by atoms with Crippen LogP contribution in [0.15, 0.2) is 40.9 Å². The predicted octanol–water partition coefficient (Wildman–Crippen LogP) is 4.44. The van der Waals surface area contributed by atoms with Gasteiger partial charge in [-0.05, 0) is 58.7 Å². The van der Waals surface area contributed by atoms with Crippen LogP contribution < -0.4 is 10.2 Å². The fourth-order valence-corrected chi connectivity index (χ4v) is 2.49. The van der Waals surface area contributed by atoms with E-state index in [1.807, 2.05) is 32.3 Å². The van der Waals surface area contributed by atoms with Crippen LogP contribution in [0.2, 0.25) is 0 Å². The van der Waals surface area contributed by atoms with Crippen molar-refractivity contribution in [2.45, 2.75) is 6.92 Å². The molecule has 0 aliphatic carbocycles. The Morgan fingerprint density at radius 3 is 2.50 bits per heavy atom. The van der Waals surface area contributed by atoms with Crippen LogP contribution in [0.3, 0.4) is 0 Å². The minimum atomic E-state index is 0.639. The smallest absolute Gasteiger partial charge is 0.0992 e. The summed E-state index contributed by atoms with van der Waals surface area (Å²) >= 11 is 3.48. The standard InChI is InChI=1S/C16H16BrN3/c1-11-4-6-13(9-16(11)20(2)3)19-15-7-5-12(10-18)8-14(15)17/h4-9,19H,1-3H3. The highest BCUT2D eigenvalue weighted by molar-refractivity contribution is 9.10. The number of rotatable bonds is 3. The van der Waals surface area contributed by atoms with Crippen LogP contribution in [0.25, 0.3) is 0 Å². The molecule has 0 heterocycles. The van der Waals surface area contributed by atoms with Crippen LogP contribution in [-0.2, 0) is 0 Å². The number of hydrogen-bond acceptors (Lipinski definition) is 3. The molecule has 20 heavy (non-hydrogen) atoms. The van der Waals surface area contributed by atoms with E-state index in [4.69, 9.17) is 5.26 Å². The lowest BCUT2D eigenvalue weighted by Gasteiger charge is -2.18. The number of nitrogens with zero attached hydrogens (tertiary/aromatic N) is 2. The lowest BCUT2D eigenvalue weighted by Crippen LogP contribution is -2.10. The predicted molar refractivity (Wildman–Crippen MR) is 87.6 cm³/mol. The monoisotopic (exact) mass is 329 g/mol. The summed E-state index contributed by atoms with van der Waals surface area (Å²) in [5.74, 6) is 0. The average molecular weight is 330 g/mol. The van der Waals surface area contributed by atoms with Crippen LogP contribution in [0.5, 0.6) is 0 Å². The van der Waals surface area contributed by atoms with E-state index in [2.05, 4.69) is 51.3 Å². The summed E-state index contributed by atoms with van der Waals surface area (Å²) in [7, 11) is 4.06. The third-order valence-electron chi connectivity index (χ3n) is 3.07. The normalized spacial score (nSPS) is 9.95. The van der Waals surface area contributed by atoms with Gasteiger partial charge in [0.25, 0.3) is 0 Å². The lowest BCUT2D eigenvalue weighted by molar-refractivity contribution is 1.11. The molecule has 0 saturated heterocycles. The first-order valence-electron chi connectivity index (χ1n) is 6.26. The van der Waals surface area contributed by atoms with Gasteiger partial charge in [0.2, 0.25) is 0 Å². The Kier molecular flexibility index (Phi) is 4.31. The first-order chi connectivity index (χ1) is 9.51. The van der Waals surface area contributed by atoms with Crippen molar-refractivity contribution in [3.8, 4) is 6.07 Å². The second-order valence-corrected chi connectivity index (χ2v) is 5.68. The maximum absolute atomic E-state index is 8.87. The van der Waals surface area contributed by atoms with E-state index in [1.54, 1.807) is 6.07 Å². The van der Waals surface area contributed by atoms with Gasteiger partial charge >= 0.3 is 0 Å². The lowest BCUT2D eigenvalue weighted by atomic mass is 10.1. The number of hydrogen-bond donors (Lipinski definition) is 1. The number of halogens is 1. The van der Waals surface area contributed by atoms with Gasteiger partial charge in [-0.3, -0.25) is 0 Å². The molecule has 102 valence electrons. The summed E-state index contributed by atoms with van der Waals surface area (Å²) in [5, 5.41) is 12.2. The Hall–Kier alpha value is -1.99. The van der Waals surface area contributed by atoms with Gasteiger partial charge in [-0.25, -0.2) is 0 Å². The number of anilines is 3. The first kappa shape index (κ1) is 14.4. The Morgan fingerprint density at radius 1 is 1.15 bits per heavy atom. The van der Waals surface area contributed by atoms with E-state index in [9.17, 15) is 0 Å². The van der Waals surface area contributed by atoms with Crippen LogP contribution in [0.4, 0.5) is 17.1 Å². The van der Waals surface area contributed by atoms with Crippen LogP contribution in [0, 0.1) is 18.3 Å². The highest BCUT2D eigenvalue weighted by atomic mass is 79.9. The molecule has 0 atom stereocenters. The molecule has 0 fully saturated rings. The molecule has 4 heteroatoms. The SMILES string of the molecule is Cc1ccc(Nc2ccc(C#N)cc2Br)cc1N(C)C. The summed E-state index contributed by atoms with van der Waals surface area (Å²) in [4.78, 5) is 2.09. The van der Waals surface area contributed by atoms with Gasteiger partial charge in [0.05, 0.1) is 17.3 Å². The number of aryl methyl sites for hydroxylation is 1. The zero-order valence-corrected chi connectivity index (χ0v) is 13.3. The zero-order chi connectivity index (χ0) is 14.7. The number of nitriles is 1. The average Bonchev–Trinajstić information content (AvgIpc) is 2.42. The molecule has 0 aliphatic rings. The van der Waals surface area contributed by atoms with Gasteiger partial charge in [-0.15, -0.1) is 0 Å². The van der Waals surface area contributed by atoms with Crippen molar-refractivity contribution >= 4 is 33.0 Å². The highest BCUT2D eigenvalue weighted by Gasteiger charge is 2.05. The van der Waals surface area contributed by atoms with Crippen molar-refractivity contribution in [2.24, 2.45) is 0 Å². The van der Waals surface area contributed by atoms with Crippen molar-refractivity contribution < 1.29 is 0 Å². The van der Waals surface area contributed by atoms with E-state index in [1.165, 1.54) is 11.3 Å². The molecule has 0 amide bonds. The summed E-state index contributed by atoms with van der Waals surface area (Å²) in [6, 6.07) is 13.9. The van der Waals surface area contributed by atoms with Crippen molar-refractivity contribution in [1.82, 2.24) is 0 Å². The fraction of sp³-hybridized carbons (Fsp3) is 0.188. The van der Waals surface area contributed by atoms with E-state index < -0.39 is 0 Å². The zero-order valence-electron chi connectivity index (χ0n) is 11.7. The van der Waals surface area contributed by atoms with E-state index in [0.717, 1.165) is 15.8 Å². The fourth-order valence-electron chi connectivity index (χ4n) is 2.01. The molecule has 0 saturated carbocycles. The maximum atomic E-state index is 8.87. The summed E-state index contributed by atoms with van der Waals surface area (Å²) in [6.07, 6.45) is 0. The molecule has 0 bridgehead atoms. The number of nitrogens with one attached hydrogen (secondary N) is 1. The Balaban J connectivity index is 2.31. The van der Waals surface area contributed by atoms with Gasteiger partial charge in [0, 0.05) is 29.9 Å². The van der Waals surface area contributed by atoms with Crippen molar-refractivity contribution in [2.75, 3.05) is 24.3 Å². The van der Waals surface area contributed by atoms with E-state index >= 15 is 0 Å². The minimum absolute atomic E-state index is 0.639. The second-order valence-electron chi connectivity index (χ2n) is 4.83. The summed E-state index contributed by atoms with van der Waals surface area (Å²) in [5.41, 5.74) is 5.02. The highest BCUT2D eigenvalue weighted by Crippen LogP contribution is 2.29. The molecule has 0 aliphatic heterocycles. The first-order valence-corrected chi connectivity index (χ1v) is 7.05. The van der Waals surface area contributed by atoms with Gasteiger partial charge in [0.1, 0.15) is 0 Å². The summed E-state index contributed by atoms with van der Waals surface area (Å²) < 4.78 is 0.878. The molecular weight excluding hydrogens is 314 g/mol. The number of benzene rings is 2. The molecule has 0 spiro atoms. The van der Waals surface area contributed by atoms with Crippen molar-refractivity contribution in [1.29, 1.82) is 5.26 Å². The van der Waals surface area contributed by atoms with Gasteiger partial charge in [-0.1, -0.05) is 6.07 Å². The van der Waals surface area contributed by atoms with Crippen LogP contribution in [0.1, 0.15) is 11.1 Å². The molecule has 0 aromatic heterocycles. The minimum Gasteiger partial charge on any atom is -0.377 e. The van der Waals surface area contributed by atoms with Crippen molar-refractivity contribution in [3.63, 3.8) is 0 Å². The Bertz CT molecular complexity index is 672. The molecular formula is C16H16BrN3. The Morgan fingerprint density at radius 2 is 1.90 bits per heavy atom. The summed E-state index contributed by atoms with van der Waals surface area (Å²) in [6.45, 7) is 2.09. The third kappa shape index (κ3) is 3.12. The van der Waals surface area contributed by atoms with Crippen LogP contribution in [-0.4, -0.2) is 14.1 Å². The quantitative estimate of drug-likeness (QED) is 0.904. The van der Waals surface area contributed by atoms with Crippen LogP contribution >= 0.6 is 15.9 Å². The molecule has 0 radical (unpaired) electrons. The van der Waals surface area contributed by atoms with Gasteiger partial charge in [0.15, 0.2) is 0 Å². The molecule has 1 N–H and O–H groups in total. The van der Waals surface area contributed by atoms with Gasteiger partial charge < -0.3 is 10.2 Å². The largest absolute Gasteiger partial charge is 0.377 e. The molecule has 2 aromatic carbocycles. The maximum Gasteiger partial charge on any atom is 0.0992 e.